The molecule has 1 amide bonds. The summed E-state index contributed by atoms with van der Waals surface area (Å²) in [5, 5.41) is 21.7. The smallest absolute Gasteiger partial charge is 0.269 e. The van der Waals surface area contributed by atoms with Crippen LogP contribution in [0.4, 0.5) is 11.4 Å². The fourth-order valence-corrected chi connectivity index (χ4v) is 5.17. The van der Waals surface area contributed by atoms with Gasteiger partial charge in [-0.25, -0.2) is 0 Å². The summed E-state index contributed by atoms with van der Waals surface area (Å²) in [5.41, 5.74) is 3.20. The Kier molecular flexibility index (Phi) is 3.54. The molecule has 0 saturated heterocycles. The number of nitrogens with zero attached hydrogens (tertiary/aromatic N) is 5. The summed E-state index contributed by atoms with van der Waals surface area (Å²) in [5.74, 6) is -0.557. The predicted octanol–water partition coefficient (Wildman–Crippen LogP) is 0.606. The van der Waals surface area contributed by atoms with E-state index in [0.717, 1.165) is 0 Å². The maximum Gasteiger partial charge on any atom is 0.269 e. The number of carbonyl (C=O) groups is 1. The Morgan fingerprint density at radius 1 is 1.43 bits per heavy atom. The average Bonchev–Trinajstić information content (AvgIpc) is 3.26. The van der Waals surface area contributed by atoms with Crippen LogP contribution in [0.3, 0.4) is 0 Å². The molecule has 30 heavy (non-hydrogen) atoms. The monoisotopic (exact) mass is 424 g/mol. The number of aromatic nitrogens is 2. The number of nitriles is 1. The van der Waals surface area contributed by atoms with Crippen LogP contribution in [0.15, 0.2) is 39.6 Å². The lowest BCUT2D eigenvalue weighted by atomic mass is 9.69. The third kappa shape index (κ3) is 1.97. The van der Waals surface area contributed by atoms with Crippen molar-refractivity contribution in [2.24, 2.45) is 5.73 Å². The van der Waals surface area contributed by atoms with Gasteiger partial charge >= 0.3 is 0 Å². The molecule has 1 aromatic carbocycles. The van der Waals surface area contributed by atoms with Crippen molar-refractivity contribution in [1.82, 2.24) is 9.55 Å². The summed E-state index contributed by atoms with van der Waals surface area (Å²) < 4.78 is 6.91. The number of carbonyl (C=O) groups excluding carboxylic acids is 1. The molecule has 150 valence electrons. The topological polar surface area (TPSA) is 157 Å². The molecule has 1 atom stereocenters. The lowest BCUT2D eigenvalue weighted by Gasteiger charge is -2.32. The summed E-state index contributed by atoms with van der Waals surface area (Å²) >= 11 is 1.35. The van der Waals surface area contributed by atoms with E-state index in [1.807, 2.05) is 6.07 Å². The minimum absolute atomic E-state index is 0.123. The second kappa shape index (κ2) is 5.83. The van der Waals surface area contributed by atoms with E-state index in [0.29, 0.717) is 23.1 Å². The third-order valence-electron chi connectivity index (χ3n) is 5.54. The van der Waals surface area contributed by atoms with Gasteiger partial charge in [-0.1, -0.05) is 11.8 Å². The molecule has 3 aliphatic heterocycles. The predicted molar refractivity (Wildman–Crippen MR) is 104 cm³/mol. The van der Waals surface area contributed by atoms with E-state index in [9.17, 15) is 25.0 Å². The Bertz CT molecular complexity index is 1330. The molecule has 0 aliphatic carbocycles. The number of ether oxygens (including phenoxy) is 1. The summed E-state index contributed by atoms with van der Waals surface area (Å²) in [6.45, 7) is 0.377. The highest BCUT2D eigenvalue weighted by atomic mass is 32.2. The first-order valence-corrected chi connectivity index (χ1v) is 9.74. The fraction of sp³-hybridized carbons (Fsp3) is 0.222. The van der Waals surface area contributed by atoms with Crippen molar-refractivity contribution in [3.8, 4) is 11.9 Å². The number of thioether (sulfide) groups is 1. The molecule has 3 aliphatic rings. The average molecular weight is 424 g/mol. The van der Waals surface area contributed by atoms with Gasteiger partial charge in [0.1, 0.15) is 17.2 Å². The van der Waals surface area contributed by atoms with Crippen LogP contribution >= 0.6 is 11.8 Å². The number of hydrogen-bond donors (Lipinski definition) is 1. The molecular weight excluding hydrogens is 412 g/mol. The van der Waals surface area contributed by atoms with Crippen LogP contribution in [0.25, 0.3) is 0 Å². The number of non-ortho nitro benzene ring substituents is 1. The Labute approximate surface area is 172 Å². The highest BCUT2D eigenvalue weighted by molar-refractivity contribution is 7.99. The summed E-state index contributed by atoms with van der Waals surface area (Å²) in [6.07, 6.45) is 0. The van der Waals surface area contributed by atoms with Gasteiger partial charge in [0.25, 0.3) is 11.2 Å². The maximum absolute atomic E-state index is 13.6. The van der Waals surface area contributed by atoms with Crippen molar-refractivity contribution < 1.29 is 14.5 Å². The van der Waals surface area contributed by atoms with Crippen LogP contribution < -0.4 is 20.9 Å². The van der Waals surface area contributed by atoms with E-state index in [1.54, 1.807) is 0 Å². The number of hydrogen-bond acceptors (Lipinski definition) is 9. The lowest BCUT2D eigenvalue weighted by Crippen LogP contribution is -2.49. The molecule has 1 unspecified atom stereocenters. The fourth-order valence-electron chi connectivity index (χ4n) is 4.24. The Morgan fingerprint density at radius 3 is 2.90 bits per heavy atom. The number of amides is 1. The molecule has 5 rings (SSSR count). The number of nitro benzene ring substituents is 1. The zero-order chi connectivity index (χ0) is 21.4. The van der Waals surface area contributed by atoms with E-state index in [-0.39, 0.29) is 34.2 Å². The van der Waals surface area contributed by atoms with Crippen molar-refractivity contribution >= 4 is 29.0 Å². The molecular formula is C18H12N6O5S. The number of fused-ring (bicyclic) bond motifs is 5. The van der Waals surface area contributed by atoms with Crippen molar-refractivity contribution in [1.29, 1.82) is 5.26 Å². The number of nitro groups is 1. The van der Waals surface area contributed by atoms with Crippen LogP contribution in [0.2, 0.25) is 0 Å². The minimum atomic E-state index is -1.97. The molecule has 0 radical (unpaired) electrons. The van der Waals surface area contributed by atoms with Crippen molar-refractivity contribution in [3.63, 3.8) is 0 Å². The first kappa shape index (κ1) is 18.2. The van der Waals surface area contributed by atoms with Gasteiger partial charge in [0, 0.05) is 42.7 Å². The Balaban J connectivity index is 1.97. The van der Waals surface area contributed by atoms with Crippen molar-refractivity contribution in [3.05, 3.63) is 61.3 Å². The zero-order valence-electron chi connectivity index (χ0n) is 15.4. The van der Waals surface area contributed by atoms with E-state index < -0.39 is 21.8 Å². The first-order chi connectivity index (χ1) is 14.3. The van der Waals surface area contributed by atoms with Crippen LogP contribution in [0, 0.1) is 21.4 Å². The van der Waals surface area contributed by atoms with Crippen molar-refractivity contribution in [2.45, 2.75) is 17.1 Å². The minimum Gasteiger partial charge on any atom is -0.421 e. The third-order valence-corrected chi connectivity index (χ3v) is 6.50. The second-order valence-corrected chi connectivity index (χ2v) is 7.97. The second-order valence-electron chi connectivity index (χ2n) is 6.91. The van der Waals surface area contributed by atoms with Crippen LogP contribution in [0.1, 0.15) is 11.1 Å². The largest absolute Gasteiger partial charge is 0.421 e. The summed E-state index contributed by atoms with van der Waals surface area (Å²) in [6, 6.07) is 5.76. The maximum atomic E-state index is 13.6. The molecule has 4 heterocycles. The van der Waals surface area contributed by atoms with E-state index in [2.05, 4.69) is 4.98 Å². The normalized spacial score (nSPS) is 21.2. The molecule has 1 spiro atoms. The highest BCUT2D eigenvalue weighted by Crippen LogP contribution is 2.54. The molecule has 2 N–H and O–H groups in total. The van der Waals surface area contributed by atoms with Gasteiger partial charge in [-0.15, -0.1) is 0 Å². The van der Waals surface area contributed by atoms with E-state index >= 15 is 0 Å². The first-order valence-electron chi connectivity index (χ1n) is 8.75. The van der Waals surface area contributed by atoms with Gasteiger partial charge in [0.2, 0.25) is 17.7 Å². The van der Waals surface area contributed by atoms with Gasteiger partial charge in [-0.3, -0.25) is 24.3 Å². The lowest BCUT2D eigenvalue weighted by molar-refractivity contribution is -0.384. The quantitative estimate of drug-likeness (QED) is 0.393. The molecule has 0 fully saturated rings. The molecule has 12 heteroatoms. The molecule has 2 aromatic rings. The van der Waals surface area contributed by atoms with Crippen LogP contribution in [-0.4, -0.2) is 33.2 Å². The highest BCUT2D eigenvalue weighted by Gasteiger charge is 2.61. The SMILES string of the molecule is CN1C(=O)C2(C(C#N)=C(N)Oc3nc4n(c(=O)c32)CCS4)c2cc([N+](=O)[O-])ccc21. The number of anilines is 1. The Hall–Kier alpha value is -3.85. The van der Waals surface area contributed by atoms with Gasteiger partial charge in [0.15, 0.2) is 10.6 Å². The van der Waals surface area contributed by atoms with Gasteiger partial charge in [-0.05, 0) is 6.07 Å². The number of likely N-dealkylation sites (N-methyl/N-ethyl adjacent to an activating group) is 1. The Morgan fingerprint density at radius 2 is 2.20 bits per heavy atom. The van der Waals surface area contributed by atoms with Gasteiger partial charge in [0.05, 0.1) is 4.92 Å². The number of rotatable bonds is 1. The summed E-state index contributed by atoms with van der Waals surface area (Å²) in [7, 11) is 1.47. The van der Waals surface area contributed by atoms with E-state index in [1.165, 1.54) is 46.5 Å². The van der Waals surface area contributed by atoms with Crippen LogP contribution in [-0.2, 0) is 16.8 Å². The number of nitrogens with two attached hydrogens (primary N) is 1. The number of benzene rings is 1. The molecule has 1 aromatic heterocycles. The standard InChI is InChI=1S/C18H12N6O5S/c1-22-11-3-2-8(24(27)28)6-9(11)18(16(22)26)10(7-19)13(20)29-14-12(18)15(25)23-4-5-30-17(23)21-14/h2-3,6H,4-5,20H2,1H3. The van der Waals surface area contributed by atoms with Crippen LogP contribution in [0.5, 0.6) is 5.88 Å². The molecule has 0 saturated carbocycles. The molecule has 11 nitrogen and oxygen atoms in total. The van der Waals surface area contributed by atoms with Crippen molar-refractivity contribution in [2.75, 3.05) is 17.7 Å². The molecule has 0 bridgehead atoms. The van der Waals surface area contributed by atoms with E-state index in [4.69, 9.17) is 10.5 Å². The zero-order valence-corrected chi connectivity index (χ0v) is 16.2. The van der Waals surface area contributed by atoms with Gasteiger partial charge in [-0.2, -0.15) is 10.2 Å². The summed E-state index contributed by atoms with van der Waals surface area (Å²) in [4.78, 5) is 43.5. The van der Waals surface area contributed by atoms with Gasteiger partial charge < -0.3 is 15.4 Å².